The minimum atomic E-state index is 0.00302. The molecule has 3 heterocycles. The predicted molar refractivity (Wildman–Crippen MR) is 129 cm³/mol. The fourth-order valence-electron chi connectivity index (χ4n) is 4.51. The quantitative estimate of drug-likeness (QED) is 0.577. The Kier molecular flexibility index (Phi) is 5.96. The lowest BCUT2D eigenvalue weighted by Crippen LogP contribution is -2.50. The maximum Gasteiger partial charge on any atom is 0.260 e. The van der Waals surface area contributed by atoms with Crippen LogP contribution < -0.4 is 19.1 Å². The van der Waals surface area contributed by atoms with Crippen LogP contribution in [0.3, 0.4) is 0 Å². The minimum absolute atomic E-state index is 0.00302. The molecule has 0 N–H and O–H groups in total. The zero-order valence-electron chi connectivity index (χ0n) is 19.7. The van der Waals surface area contributed by atoms with Gasteiger partial charge in [-0.25, -0.2) is 0 Å². The van der Waals surface area contributed by atoms with E-state index in [0.717, 1.165) is 45.5 Å². The molecular formula is C26H28N4O4. The summed E-state index contributed by atoms with van der Waals surface area (Å²) >= 11 is 0. The molecule has 0 atom stereocenters. The van der Waals surface area contributed by atoms with Gasteiger partial charge in [0.15, 0.2) is 23.9 Å². The van der Waals surface area contributed by atoms with Crippen molar-refractivity contribution >= 4 is 11.7 Å². The Hall–Kier alpha value is -3.81. The highest BCUT2D eigenvalue weighted by molar-refractivity contribution is 5.78. The molecule has 2 aliphatic heterocycles. The maximum absolute atomic E-state index is 12.7. The standard InChI is InChI=1S/C26H28N4O4/c1-17-12-18(2)26(19(3)13-17)32-15-25(31)30-10-8-29(9-11-30)24-7-5-21(27-28-24)20-4-6-22-23(14-20)34-16-33-22/h4-7,12-14H,8-11,15-16H2,1-3H3. The van der Waals surface area contributed by atoms with E-state index in [1.54, 1.807) is 0 Å². The largest absolute Gasteiger partial charge is 0.483 e. The number of aryl methyl sites for hydroxylation is 3. The van der Waals surface area contributed by atoms with Gasteiger partial charge in [0.05, 0.1) is 5.69 Å². The smallest absolute Gasteiger partial charge is 0.260 e. The molecule has 0 spiro atoms. The van der Waals surface area contributed by atoms with Crippen LogP contribution in [0.25, 0.3) is 11.3 Å². The number of carbonyl (C=O) groups excluding carboxylic acids is 1. The number of piperazine rings is 1. The summed E-state index contributed by atoms with van der Waals surface area (Å²) in [6, 6.07) is 13.8. The van der Waals surface area contributed by atoms with Crippen LogP contribution in [0.5, 0.6) is 17.2 Å². The van der Waals surface area contributed by atoms with Crippen molar-refractivity contribution in [2.24, 2.45) is 0 Å². The fourth-order valence-corrected chi connectivity index (χ4v) is 4.51. The summed E-state index contributed by atoms with van der Waals surface area (Å²) in [4.78, 5) is 16.7. The predicted octanol–water partition coefficient (Wildman–Crippen LogP) is 3.53. The number of hydrogen-bond donors (Lipinski definition) is 0. The van der Waals surface area contributed by atoms with Gasteiger partial charge < -0.3 is 24.0 Å². The summed E-state index contributed by atoms with van der Waals surface area (Å²) in [5.41, 5.74) is 5.00. The number of nitrogens with zero attached hydrogens (tertiary/aromatic N) is 4. The van der Waals surface area contributed by atoms with E-state index in [-0.39, 0.29) is 19.3 Å². The van der Waals surface area contributed by atoms with Crippen LogP contribution in [0.15, 0.2) is 42.5 Å². The molecule has 1 fully saturated rings. The van der Waals surface area contributed by atoms with Gasteiger partial charge in [0, 0.05) is 31.7 Å². The topological polar surface area (TPSA) is 77.0 Å². The zero-order chi connectivity index (χ0) is 23.7. The van der Waals surface area contributed by atoms with Crippen LogP contribution in [0.4, 0.5) is 5.82 Å². The Balaban J connectivity index is 1.16. The van der Waals surface area contributed by atoms with E-state index in [1.165, 1.54) is 5.56 Å². The van der Waals surface area contributed by atoms with Gasteiger partial charge >= 0.3 is 0 Å². The number of ether oxygens (including phenoxy) is 3. The first kappa shape index (κ1) is 22.0. The lowest BCUT2D eigenvalue weighted by atomic mass is 10.1. The Morgan fingerprint density at radius 1 is 0.912 bits per heavy atom. The summed E-state index contributed by atoms with van der Waals surface area (Å²) in [7, 11) is 0. The first-order valence-corrected chi connectivity index (χ1v) is 11.4. The van der Waals surface area contributed by atoms with Crippen molar-refractivity contribution in [1.29, 1.82) is 0 Å². The Labute approximate surface area is 199 Å². The molecule has 34 heavy (non-hydrogen) atoms. The molecule has 1 saturated heterocycles. The highest BCUT2D eigenvalue weighted by Crippen LogP contribution is 2.35. The summed E-state index contributed by atoms with van der Waals surface area (Å²) in [6.45, 7) is 9.03. The number of amides is 1. The fraction of sp³-hybridized carbons (Fsp3) is 0.346. The van der Waals surface area contributed by atoms with Crippen molar-refractivity contribution in [2.45, 2.75) is 20.8 Å². The first-order valence-electron chi connectivity index (χ1n) is 11.4. The van der Waals surface area contributed by atoms with Gasteiger partial charge in [-0.3, -0.25) is 4.79 Å². The second-order valence-corrected chi connectivity index (χ2v) is 8.73. The lowest BCUT2D eigenvalue weighted by Gasteiger charge is -2.35. The third-order valence-corrected chi connectivity index (χ3v) is 6.22. The summed E-state index contributed by atoms with van der Waals surface area (Å²) < 4.78 is 16.7. The Bertz CT molecular complexity index is 1180. The molecule has 0 unspecified atom stereocenters. The van der Waals surface area contributed by atoms with Crippen molar-refractivity contribution in [1.82, 2.24) is 15.1 Å². The zero-order valence-corrected chi connectivity index (χ0v) is 19.7. The van der Waals surface area contributed by atoms with E-state index in [1.807, 2.05) is 49.1 Å². The molecule has 1 aromatic heterocycles. The van der Waals surface area contributed by atoms with Crippen molar-refractivity contribution in [3.63, 3.8) is 0 Å². The van der Waals surface area contributed by atoms with E-state index < -0.39 is 0 Å². The van der Waals surface area contributed by atoms with Crippen LogP contribution in [-0.2, 0) is 4.79 Å². The van der Waals surface area contributed by atoms with E-state index >= 15 is 0 Å². The molecule has 5 rings (SSSR count). The highest BCUT2D eigenvalue weighted by atomic mass is 16.7. The third-order valence-electron chi connectivity index (χ3n) is 6.22. The number of aromatic nitrogens is 2. The second-order valence-electron chi connectivity index (χ2n) is 8.73. The normalized spacial score (nSPS) is 14.9. The summed E-state index contributed by atoms with van der Waals surface area (Å²) in [5.74, 6) is 3.08. The van der Waals surface area contributed by atoms with Crippen LogP contribution in [0, 0.1) is 20.8 Å². The molecule has 3 aromatic rings. The molecule has 8 nitrogen and oxygen atoms in total. The molecule has 0 bridgehead atoms. The molecule has 2 aliphatic rings. The van der Waals surface area contributed by atoms with Gasteiger partial charge in [0.25, 0.3) is 5.91 Å². The van der Waals surface area contributed by atoms with Crippen LogP contribution >= 0.6 is 0 Å². The molecule has 0 aliphatic carbocycles. The first-order chi connectivity index (χ1) is 16.5. The summed E-state index contributed by atoms with van der Waals surface area (Å²) in [5, 5.41) is 8.82. The van der Waals surface area contributed by atoms with Crippen molar-refractivity contribution in [2.75, 3.05) is 44.5 Å². The van der Waals surface area contributed by atoms with Gasteiger partial charge in [-0.2, -0.15) is 0 Å². The van der Waals surface area contributed by atoms with E-state index in [0.29, 0.717) is 26.2 Å². The number of benzene rings is 2. The minimum Gasteiger partial charge on any atom is -0.483 e. The number of carbonyl (C=O) groups is 1. The second kappa shape index (κ2) is 9.21. The molecular weight excluding hydrogens is 432 g/mol. The van der Waals surface area contributed by atoms with Gasteiger partial charge in [0.1, 0.15) is 5.75 Å². The average Bonchev–Trinajstić information content (AvgIpc) is 3.31. The van der Waals surface area contributed by atoms with E-state index in [4.69, 9.17) is 14.2 Å². The Morgan fingerprint density at radius 3 is 2.35 bits per heavy atom. The molecule has 1 amide bonds. The van der Waals surface area contributed by atoms with Gasteiger partial charge in [-0.05, 0) is 62.2 Å². The van der Waals surface area contributed by atoms with Crippen molar-refractivity contribution in [3.05, 3.63) is 59.2 Å². The third kappa shape index (κ3) is 4.48. The van der Waals surface area contributed by atoms with Crippen LogP contribution in [0.2, 0.25) is 0 Å². The van der Waals surface area contributed by atoms with E-state index in [9.17, 15) is 4.79 Å². The summed E-state index contributed by atoms with van der Waals surface area (Å²) in [6.07, 6.45) is 0. The van der Waals surface area contributed by atoms with E-state index in [2.05, 4.69) is 34.2 Å². The number of anilines is 1. The maximum atomic E-state index is 12.7. The van der Waals surface area contributed by atoms with Gasteiger partial charge in [0.2, 0.25) is 6.79 Å². The van der Waals surface area contributed by atoms with Gasteiger partial charge in [-0.1, -0.05) is 17.7 Å². The van der Waals surface area contributed by atoms with Crippen LogP contribution in [0.1, 0.15) is 16.7 Å². The van der Waals surface area contributed by atoms with Crippen molar-refractivity contribution < 1.29 is 19.0 Å². The molecule has 2 aromatic carbocycles. The highest BCUT2D eigenvalue weighted by Gasteiger charge is 2.23. The number of hydrogen-bond acceptors (Lipinski definition) is 7. The lowest BCUT2D eigenvalue weighted by molar-refractivity contribution is -0.133. The number of fused-ring (bicyclic) bond motifs is 1. The molecule has 176 valence electrons. The molecule has 0 radical (unpaired) electrons. The monoisotopic (exact) mass is 460 g/mol. The van der Waals surface area contributed by atoms with Crippen LogP contribution in [-0.4, -0.2) is 60.6 Å². The molecule has 8 heteroatoms. The Morgan fingerprint density at radius 2 is 1.65 bits per heavy atom. The van der Waals surface area contributed by atoms with Gasteiger partial charge in [-0.15, -0.1) is 10.2 Å². The number of rotatable bonds is 5. The average molecular weight is 461 g/mol. The SMILES string of the molecule is Cc1cc(C)c(OCC(=O)N2CCN(c3ccc(-c4ccc5c(c4)OCO5)nn3)CC2)c(C)c1. The van der Waals surface area contributed by atoms with Crippen molar-refractivity contribution in [3.8, 4) is 28.5 Å². The molecule has 0 saturated carbocycles.